The molecule has 1 amide bonds. The Hall–Kier alpha value is -2.48. The van der Waals surface area contributed by atoms with E-state index in [-0.39, 0.29) is 5.91 Å². The van der Waals surface area contributed by atoms with Crippen LogP contribution in [0.2, 0.25) is 0 Å². The zero-order chi connectivity index (χ0) is 15.0. The molecular weight excluding hydrogens is 256 g/mol. The Morgan fingerprint density at radius 2 is 2.30 bits per heavy atom. The van der Waals surface area contributed by atoms with Gasteiger partial charge in [0, 0.05) is 12.6 Å². The number of hydrogen-bond donors (Lipinski definition) is 1. The lowest BCUT2D eigenvalue weighted by Crippen LogP contribution is -2.36. The van der Waals surface area contributed by atoms with E-state index >= 15 is 0 Å². The minimum Gasteiger partial charge on any atom is -0.490 e. The largest absolute Gasteiger partial charge is 0.490 e. The average molecular weight is 274 g/mol. The fraction of sp³-hybridized carbons (Fsp3) is 0.333. The SMILES string of the molecule is C=CCNC(=O)C(C)Oc1ccc(C#N)cc1OCC. The van der Waals surface area contributed by atoms with Gasteiger partial charge in [-0.05, 0) is 26.0 Å². The van der Waals surface area contributed by atoms with Crippen LogP contribution in [0.4, 0.5) is 0 Å². The van der Waals surface area contributed by atoms with Crippen molar-refractivity contribution < 1.29 is 14.3 Å². The smallest absolute Gasteiger partial charge is 0.261 e. The summed E-state index contributed by atoms with van der Waals surface area (Å²) in [6.45, 7) is 7.84. The summed E-state index contributed by atoms with van der Waals surface area (Å²) in [7, 11) is 0. The molecule has 0 spiro atoms. The molecule has 1 aromatic rings. The van der Waals surface area contributed by atoms with Crippen molar-refractivity contribution in [3.05, 3.63) is 36.4 Å². The molecule has 0 radical (unpaired) electrons. The minimum absolute atomic E-state index is 0.239. The second-order valence-electron chi connectivity index (χ2n) is 4.00. The third kappa shape index (κ3) is 4.32. The molecule has 0 aliphatic rings. The number of hydrogen-bond acceptors (Lipinski definition) is 4. The van der Waals surface area contributed by atoms with E-state index in [1.165, 1.54) is 0 Å². The number of nitrogens with zero attached hydrogens (tertiary/aromatic N) is 1. The van der Waals surface area contributed by atoms with E-state index in [1.807, 2.05) is 13.0 Å². The maximum absolute atomic E-state index is 11.7. The van der Waals surface area contributed by atoms with Gasteiger partial charge < -0.3 is 14.8 Å². The van der Waals surface area contributed by atoms with Crippen molar-refractivity contribution >= 4 is 5.91 Å². The standard InChI is InChI=1S/C15H18N2O3/c1-4-8-17-15(18)11(3)20-13-7-6-12(10-16)9-14(13)19-5-2/h4,6-7,9,11H,1,5,8H2,2-3H3,(H,17,18). The van der Waals surface area contributed by atoms with Crippen molar-refractivity contribution in [2.24, 2.45) is 0 Å². The Balaban J connectivity index is 2.82. The van der Waals surface area contributed by atoms with Crippen molar-refractivity contribution in [2.45, 2.75) is 20.0 Å². The van der Waals surface area contributed by atoms with E-state index in [0.717, 1.165) is 0 Å². The van der Waals surface area contributed by atoms with Gasteiger partial charge in [-0.1, -0.05) is 6.08 Å². The van der Waals surface area contributed by atoms with Crippen LogP contribution in [0.5, 0.6) is 11.5 Å². The molecule has 1 aromatic carbocycles. The Kier molecular flexibility index (Phi) is 6.11. The molecule has 5 heteroatoms. The number of carbonyl (C=O) groups is 1. The lowest BCUT2D eigenvalue weighted by Gasteiger charge is -2.17. The van der Waals surface area contributed by atoms with Crippen LogP contribution in [0.1, 0.15) is 19.4 Å². The molecule has 5 nitrogen and oxygen atoms in total. The van der Waals surface area contributed by atoms with E-state index in [4.69, 9.17) is 14.7 Å². The fourth-order valence-corrected chi connectivity index (χ4v) is 1.50. The quantitative estimate of drug-likeness (QED) is 0.772. The lowest BCUT2D eigenvalue weighted by atomic mass is 10.2. The second-order valence-corrected chi connectivity index (χ2v) is 4.00. The van der Waals surface area contributed by atoms with E-state index in [9.17, 15) is 4.79 Å². The van der Waals surface area contributed by atoms with Crippen LogP contribution in [0.3, 0.4) is 0 Å². The molecule has 0 bridgehead atoms. The maximum Gasteiger partial charge on any atom is 0.261 e. The number of nitriles is 1. The maximum atomic E-state index is 11.7. The van der Waals surface area contributed by atoms with Crippen LogP contribution in [-0.4, -0.2) is 25.2 Å². The number of benzene rings is 1. The predicted octanol–water partition coefficient (Wildman–Crippen LogP) is 2.03. The molecule has 20 heavy (non-hydrogen) atoms. The molecule has 0 saturated carbocycles. The summed E-state index contributed by atoms with van der Waals surface area (Å²) < 4.78 is 11.0. The van der Waals surface area contributed by atoms with E-state index in [0.29, 0.717) is 30.2 Å². The number of amides is 1. The van der Waals surface area contributed by atoms with Crippen LogP contribution in [-0.2, 0) is 4.79 Å². The van der Waals surface area contributed by atoms with Crippen LogP contribution >= 0.6 is 0 Å². The summed E-state index contributed by atoms with van der Waals surface area (Å²) in [5.41, 5.74) is 0.476. The summed E-state index contributed by atoms with van der Waals surface area (Å²) in [5, 5.41) is 11.5. The molecule has 1 rings (SSSR count). The summed E-state index contributed by atoms with van der Waals surface area (Å²) >= 11 is 0. The molecule has 1 unspecified atom stereocenters. The monoisotopic (exact) mass is 274 g/mol. The van der Waals surface area contributed by atoms with Crippen molar-refractivity contribution in [3.63, 3.8) is 0 Å². The van der Waals surface area contributed by atoms with Crippen molar-refractivity contribution in [1.82, 2.24) is 5.32 Å². The zero-order valence-corrected chi connectivity index (χ0v) is 11.7. The molecule has 0 aliphatic heterocycles. The van der Waals surface area contributed by atoms with Gasteiger partial charge in [0.25, 0.3) is 5.91 Å². The summed E-state index contributed by atoms with van der Waals surface area (Å²) in [5.74, 6) is 0.652. The third-order valence-corrected chi connectivity index (χ3v) is 2.47. The van der Waals surface area contributed by atoms with Crippen LogP contribution in [0.25, 0.3) is 0 Å². The molecule has 0 aromatic heterocycles. The van der Waals surface area contributed by atoms with E-state index in [2.05, 4.69) is 11.9 Å². The van der Waals surface area contributed by atoms with Gasteiger partial charge in [-0.2, -0.15) is 5.26 Å². The van der Waals surface area contributed by atoms with Gasteiger partial charge in [-0.15, -0.1) is 6.58 Å². The first-order chi connectivity index (χ1) is 9.62. The molecule has 1 atom stereocenters. The number of nitrogens with one attached hydrogen (secondary N) is 1. The van der Waals surface area contributed by atoms with Crippen LogP contribution in [0.15, 0.2) is 30.9 Å². The molecule has 0 heterocycles. The first-order valence-corrected chi connectivity index (χ1v) is 6.34. The number of ether oxygens (including phenoxy) is 2. The second kappa shape index (κ2) is 7.85. The first-order valence-electron chi connectivity index (χ1n) is 6.34. The zero-order valence-electron chi connectivity index (χ0n) is 11.7. The van der Waals surface area contributed by atoms with Crippen LogP contribution in [0, 0.1) is 11.3 Å². The Bertz CT molecular complexity index is 520. The number of rotatable bonds is 7. The van der Waals surface area contributed by atoms with Gasteiger partial charge in [0.05, 0.1) is 18.2 Å². The molecule has 0 aliphatic carbocycles. The summed E-state index contributed by atoms with van der Waals surface area (Å²) in [6.07, 6.45) is 0.930. The highest BCUT2D eigenvalue weighted by atomic mass is 16.5. The normalized spacial score (nSPS) is 11.1. The van der Waals surface area contributed by atoms with Crippen molar-refractivity contribution in [1.29, 1.82) is 5.26 Å². The van der Waals surface area contributed by atoms with Gasteiger partial charge in [-0.25, -0.2) is 0 Å². The number of carbonyl (C=O) groups excluding carboxylic acids is 1. The molecule has 106 valence electrons. The minimum atomic E-state index is -0.665. The highest BCUT2D eigenvalue weighted by Crippen LogP contribution is 2.29. The Morgan fingerprint density at radius 1 is 1.55 bits per heavy atom. The van der Waals surface area contributed by atoms with E-state index < -0.39 is 6.10 Å². The first kappa shape index (κ1) is 15.6. The highest BCUT2D eigenvalue weighted by Gasteiger charge is 2.16. The van der Waals surface area contributed by atoms with Gasteiger partial charge in [0.1, 0.15) is 0 Å². The van der Waals surface area contributed by atoms with Crippen LogP contribution < -0.4 is 14.8 Å². The molecule has 0 saturated heterocycles. The predicted molar refractivity (Wildman–Crippen MR) is 75.6 cm³/mol. The van der Waals surface area contributed by atoms with Gasteiger partial charge in [-0.3, -0.25) is 4.79 Å². The fourth-order valence-electron chi connectivity index (χ4n) is 1.50. The Labute approximate surface area is 118 Å². The van der Waals surface area contributed by atoms with Crippen molar-refractivity contribution in [2.75, 3.05) is 13.2 Å². The topological polar surface area (TPSA) is 71.3 Å². The average Bonchev–Trinajstić information content (AvgIpc) is 2.46. The van der Waals surface area contributed by atoms with Gasteiger partial charge in [0.2, 0.25) is 0 Å². The Morgan fingerprint density at radius 3 is 2.90 bits per heavy atom. The molecule has 1 N–H and O–H groups in total. The van der Waals surface area contributed by atoms with Gasteiger partial charge >= 0.3 is 0 Å². The van der Waals surface area contributed by atoms with E-state index in [1.54, 1.807) is 31.2 Å². The van der Waals surface area contributed by atoms with Gasteiger partial charge in [0.15, 0.2) is 17.6 Å². The highest BCUT2D eigenvalue weighted by molar-refractivity contribution is 5.80. The summed E-state index contributed by atoms with van der Waals surface area (Å²) in [4.78, 5) is 11.7. The molecular formula is C15H18N2O3. The van der Waals surface area contributed by atoms with Crippen molar-refractivity contribution in [3.8, 4) is 17.6 Å². The molecule has 0 fully saturated rings. The lowest BCUT2D eigenvalue weighted by molar-refractivity contribution is -0.127. The summed E-state index contributed by atoms with van der Waals surface area (Å²) in [6, 6.07) is 6.86. The third-order valence-electron chi connectivity index (χ3n) is 2.47.